The summed E-state index contributed by atoms with van der Waals surface area (Å²) in [5, 5.41) is 17.8. The molecule has 6 nitrogen and oxygen atoms in total. The molecule has 0 aromatic rings. The molecule has 0 unspecified atom stereocenters. The van der Waals surface area contributed by atoms with E-state index in [-0.39, 0.29) is 0 Å². The van der Waals surface area contributed by atoms with Gasteiger partial charge < -0.3 is 29.6 Å². The van der Waals surface area contributed by atoms with Crippen molar-refractivity contribution in [2.75, 3.05) is 90.6 Å². The molecule has 0 fully saturated rings. The van der Waals surface area contributed by atoms with Crippen LogP contribution in [0.25, 0.3) is 0 Å². The van der Waals surface area contributed by atoms with Crippen LogP contribution in [-0.2, 0) is 9.59 Å². The first-order valence-electron chi connectivity index (χ1n) is 19.0. The average Bonchev–Trinajstić information content (AvgIpc) is 2.97. The monoisotopic (exact) mass is 695 g/mol. The van der Waals surface area contributed by atoms with Crippen LogP contribution in [0.4, 0.5) is 0 Å². The van der Waals surface area contributed by atoms with Crippen molar-refractivity contribution in [2.45, 2.75) is 145 Å². The van der Waals surface area contributed by atoms with E-state index in [9.17, 15) is 0 Å². The summed E-state index contributed by atoms with van der Waals surface area (Å²) in [6.07, 6.45) is 32.6. The molecule has 0 amide bonds. The van der Waals surface area contributed by atoms with Crippen molar-refractivity contribution < 1.29 is 19.8 Å². The Balaban J connectivity index is -0.000000310. The number of carboxylic acid groups (broad SMARTS) is 2. The number of hydrogen-bond acceptors (Lipinski definition) is 6. The molecule has 0 rings (SSSR count). The highest BCUT2D eigenvalue weighted by Gasteiger charge is 2.35. The van der Waals surface area contributed by atoms with E-state index in [0.29, 0.717) is 0 Å². The maximum atomic E-state index is 8.89. The standard InChI is InChI=1S/2C17H39NP.2C2H4O2/c2*1-6-9-14-19(15-10-7-2,16-11-8-3)17-12-13-18(4)5;2*1-2(3)4/h2*6-17H2,1-5H3;2*1H3,(H,3,4)/q2*+1;;/p-2. The van der Waals surface area contributed by atoms with Crippen LogP contribution >= 0.6 is 14.5 Å². The van der Waals surface area contributed by atoms with Gasteiger partial charge in [-0.3, -0.25) is 0 Å². The Morgan fingerprint density at radius 3 is 0.696 bits per heavy atom. The Morgan fingerprint density at radius 2 is 0.565 bits per heavy atom. The molecular formula is C38H84N2O4P2. The lowest BCUT2D eigenvalue weighted by Crippen LogP contribution is -2.18. The third-order valence-electron chi connectivity index (χ3n) is 8.39. The largest absolute Gasteiger partial charge is 0.550 e. The quantitative estimate of drug-likeness (QED) is 0.0849. The number of unbranched alkanes of at least 4 members (excludes halogenated alkanes) is 6. The predicted molar refractivity (Wildman–Crippen MR) is 210 cm³/mol. The van der Waals surface area contributed by atoms with Crippen LogP contribution in [0, 0.1) is 0 Å². The Labute approximate surface area is 291 Å². The Hall–Kier alpha value is -0.280. The van der Waals surface area contributed by atoms with Crippen LogP contribution in [0.2, 0.25) is 0 Å². The normalized spacial score (nSPS) is 11.3. The molecule has 280 valence electrons. The highest BCUT2D eigenvalue weighted by molar-refractivity contribution is 7.76. The van der Waals surface area contributed by atoms with E-state index in [0.717, 1.165) is 13.8 Å². The van der Waals surface area contributed by atoms with Crippen LogP contribution in [0.5, 0.6) is 0 Å². The lowest BCUT2D eigenvalue weighted by atomic mass is 10.4. The maximum absolute atomic E-state index is 8.89. The number of rotatable bonds is 26. The minimum absolute atomic E-state index is 0.629. The first kappa shape index (κ1) is 52.5. The van der Waals surface area contributed by atoms with E-state index in [4.69, 9.17) is 19.8 Å². The topological polar surface area (TPSA) is 86.7 Å². The summed E-state index contributed by atoms with van der Waals surface area (Å²) in [4.78, 5) is 22.5. The van der Waals surface area contributed by atoms with Gasteiger partial charge in [0.05, 0.1) is 49.3 Å². The molecule has 0 radical (unpaired) electrons. The Kier molecular flexibility index (Phi) is 42.9. The second-order valence-corrected chi connectivity index (χ2v) is 22.8. The molecular weight excluding hydrogens is 610 g/mol. The van der Waals surface area contributed by atoms with Crippen molar-refractivity contribution in [3.63, 3.8) is 0 Å². The number of carbonyl (C=O) groups is 2. The number of carbonyl (C=O) groups excluding carboxylic acids is 2. The third-order valence-corrected chi connectivity index (χ3v) is 18.5. The first-order valence-corrected chi connectivity index (χ1v) is 24.1. The summed E-state index contributed by atoms with van der Waals surface area (Å²) < 4.78 is 0. The Bertz CT molecular complexity index is 543. The summed E-state index contributed by atoms with van der Waals surface area (Å²) in [6, 6.07) is 0. The van der Waals surface area contributed by atoms with Crippen molar-refractivity contribution >= 4 is 26.5 Å². The zero-order chi connectivity index (χ0) is 36.3. The SMILES string of the molecule is CC(=O)[O-].CC(=O)[O-].CCCC[P+](CCCC)(CCCC)CCCN(C)C.CCCC[P+](CCCC)(CCCC)CCCN(C)C. The molecule has 0 aliphatic rings. The molecule has 0 aliphatic heterocycles. The molecule has 0 N–H and O–H groups in total. The van der Waals surface area contributed by atoms with Gasteiger partial charge in [0.25, 0.3) is 0 Å². The van der Waals surface area contributed by atoms with Gasteiger partial charge in [-0.05, 0) is 93.4 Å². The van der Waals surface area contributed by atoms with Gasteiger partial charge in [0.1, 0.15) is 0 Å². The van der Waals surface area contributed by atoms with Gasteiger partial charge in [-0.15, -0.1) is 0 Å². The van der Waals surface area contributed by atoms with E-state index < -0.39 is 26.5 Å². The summed E-state index contributed by atoms with van der Waals surface area (Å²) in [6.45, 7) is 18.6. The van der Waals surface area contributed by atoms with Gasteiger partial charge in [0.2, 0.25) is 0 Å². The average molecular weight is 695 g/mol. The van der Waals surface area contributed by atoms with E-state index in [2.05, 4.69) is 79.5 Å². The lowest BCUT2D eigenvalue weighted by Gasteiger charge is -2.28. The lowest BCUT2D eigenvalue weighted by molar-refractivity contribution is -0.303. The van der Waals surface area contributed by atoms with Gasteiger partial charge in [-0.25, -0.2) is 0 Å². The van der Waals surface area contributed by atoms with E-state index in [1.165, 1.54) is 103 Å². The fraction of sp³-hybridized carbons (Fsp3) is 0.947. The summed E-state index contributed by atoms with van der Waals surface area (Å²) >= 11 is 0. The number of nitrogens with zero attached hydrogens (tertiary/aromatic N) is 2. The first-order chi connectivity index (χ1) is 21.7. The molecule has 0 saturated carbocycles. The van der Waals surface area contributed by atoms with E-state index >= 15 is 0 Å². The molecule has 0 heterocycles. The second kappa shape index (κ2) is 37.5. The van der Waals surface area contributed by atoms with Gasteiger partial charge in [0, 0.05) is 39.6 Å². The second-order valence-electron chi connectivity index (χ2n) is 13.9. The highest BCUT2D eigenvalue weighted by Crippen LogP contribution is 2.62. The van der Waals surface area contributed by atoms with Crippen LogP contribution in [-0.4, -0.2) is 112 Å². The highest BCUT2D eigenvalue weighted by atomic mass is 31.2. The number of aliphatic carboxylic acids is 2. The Morgan fingerprint density at radius 1 is 0.413 bits per heavy atom. The zero-order valence-electron chi connectivity index (χ0n) is 33.4. The van der Waals surface area contributed by atoms with Crippen molar-refractivity contribution in [1.82, 2.24) is 9.80 Å². The molecule has 0 aliphatic carbocycles. The van der Waals surface area contributed by atoms with Gasteiger partial charge >= 0.3 is 0 Å². The van der Waals surface area contributed by atoms with Crippen molar-refractivity contribution in [3.05, 3.63) is 0 Å². The number of carboxylic acids is 2. The van der Waals surface area contributed by atoms with Crippen LogP contribution < -0.4 is 10.2 Å². The van der Waals surface area contributed by atoms with Gasteiger partial charge in [-0.1, -0.05) is 80.1 Å². The summed E-state index contributed by atoms with van der Waals surface area (Å²) in [5.74, 6) is -2.17. The smallest absolute Gasteiger partial charge is 0.0606 e. The molecule has 8 heteroatoms. The molecule has 0 bridgehead atoms. The molecule has 0 saturated heterocycles. The van der Waals surface area contributed by atoms with E-state index in [1.54, 1.807) is 49.3 Å². The third kappa shape index (κ3) is 41.7. The van der Waals surface area contributed by atoms with Crippen molar-refractivity contribution in [1.29, 1.82) is 0 Å². The van der Waals surface area contributed by atoms with Crippen LogP contribution in [0.1, 0.15) is 145 Å². The molecule has 0 spiro atoms. The molecule has 0 atom stereocenters. The maximum Gasteiger partial charge on any atom is 0.0606 e. The molecule has 0 aromatic heterocycles. The predicted octanol–water partition coefficient (Wildman–Crippen LogP) is 8.22. The van der Waals surface area contributed by atoms with Crippen LogP contribution in [0.15, 0.2) is 0 Å². The van der Waals surface area contributed by atoms with Crippen molar-refractivity contribution in [2.24, 2.45) is 0 Å². The minimum Gasteiger partial charge on any atom is -0.550 e. The molecule has 0 aromatic carbocycles. The van der Waals surface area contributed by atoms with Crippen LogP contribution in [0.3, 0.4) is 0 Å². The minimum atomic E-state index is -1.08. The number of hydrogen-bond donors (Lipinski definition) is 0. The summed E-state index contributed by atoms with van der Waals surface area (Å²) in [5.41, 5.74) is 0. The molecule has 46 heavy (non-hydrogen) atoms. The summed E-state index contributed by atoms with van der Waals surface area (Å²) in [7, 11) is 7.59. The van der Waals surface area contributed by atoms with Gasteiger partial charge in [0.15, 0.2) is 0 Å². The van der Waals surface area contributed by atoms with Gasteiger partial charge in [-0.2, -0.15) is 0 Å². The van der Waals surface area contributed by atoms with E-state index in [1.807, 2.05) is 0 Å². The van der Waals surface area contributed by atoms with Crippen molar-refractivity contribution in [3.8, 4) is 0 Å². The fourth-order valence-corrected chi connectivity index (χ4v) is 16.0. The zero-order valence-corrected chi connectivity index (χ0v) is 35.2. The fourth-order valence-electron chi connectivity index (χ4n) is 5.75.